The summed E-state index contributed by atoms with van der Waals surface area (Å²) in [6, 6.07) is 25.1. The molecule has 0 saturated heterocycles. The van der Waals surface area contributed by atoms with Gasteiger partial charge in [-0.3, -0.25) is 0 Å². The van der Waals surface area contributed by atoms with Crippen molar-refractivity contribution in [2.45, 2.75) is 13.1 Å². The van der Waals surface area contributed by atoms with Gasteiger partial charge in [-0.1, -0.05) is 70.8 Å². The number of phenolic OH excluding ortho intramolecular Hbond substituents is 1. The number of aromatic hydroxyl groups is 1. The highest BCUT2D eigenvalue weighted by molar-refractivity contribution is 6.32. The minimum absolute atomic E-state index is 0.00232. The normalized spacial score (nSPS) is 11.1. The molecule has 4 aromatic carbocycles. The zero-order valence-corrected chi connectivity index (χ0v) is 19.4. The lowest BCUT2D eigenvalue weighted by Crippen LogP contribution is -2.13. The van der Waals surface area contributed by atoms with Crippen molar-refractivity contribution in [2.75, 3.05) is 5.32 Å². The molecule has 34 heavy (non-hydrogen) atoms. The molecule has 0 fully saturated rings. The number of anilines is 2. The molecule has 5 rings (SSSR count). The number of aromatic nitrogens is 2. The van der Waals surface area contributed by atoms with Crippen LogP contribution in [0.25, 0.3) is 22.2 Å². The van der Waals surface area contributed by atoms with Crippen LogP contribution >= 0.6 is 23.2 Å². The second-order valence-corrected chi connectivity index (χ2v) is 8.60. The fourth-order valence-corrected chi connectivity index (χ4v) is 4.02. The molecule has 0 saturated carbocycles. The SMILES string of the molecule is Oc1ccc(-c2nnc(Nc3ccc(CNCc4ccc(Cl)cc4)c4ccccc34)o2)cc1Cl. The predicted molar refractivity (Wildman–Crippen MR) is 136 cm³/mol. The van der Waals surface area contributed by atoms with Crippen molar-refractivity contribution in [2.24, 2.45) is 0 Å². The highest BCUT2D eigenvalue weighted by Gasteiger charge is 2.13. The molecule has 8 heteroatoms. The van der Waals surface area contributed by atoms with E-state index >= 15 is 0 Å². The lowest BCUT2D eigenvalue weighted by molar-refractivity contribution is 0.475. The Hall–Kier alpha value is -3.58. The summed E-state index contributed by atoms with van der Waals surface area (Å²) in [6.45, 7) is 1.47. The van der Waals surface area contributed by atoms with Crippen LogP contribution in [0.15, 0.2) is 83.3 Å². The maximum atomic E-state index is 9.62. The van der Waals surface area contributed by atoms with Gasteiger partial charge in [0.15, 0.2) is 0 Å². The van der Waals surface area contributed by atoms with E-state index in [1.54, 1.807) is 12.1 Å². The molecule has 0 aliphatic heterocycles. The average Bonchev–Trinajstić information content (AvgIpc) is 3.32. The van der Waals surface area contributed by atoms with E-state index in [1.165, 1.54) is 17.2 Å². The van der Waals surface area contributed by atoms with Crippen LogP contribution in [0, 0.1) is 0 Å². The summed E-state index contributed by atoms with van der Waals surface area (Å²) in [6.07, 6.45) is 0. The van der Waals surface area contributed by atoms with E-state index in [-0.39, 0.29) is 16.8 Å². The minimum Gasteiger partial charge on any atom is -0.506 e. The standard InChI is InChI=1S/C26H20Cl2N4O2/c27-19-9-5-16(6-10-19)14-29-15-18-7-11-23(21-4-2-1-3-20(18)21)30-26-32-31-25(34-26)17-8-12-24(33)22(28)13-17/h1-13,29,33H,14-15H2,(H,30,32). The van der Waals surface area contributed by atoms with Gasteiger partial charge in [0, 0.05) is 29.1 Å². The van der Waals surface area contributed by atoms with E-state index in [4.69, 9.17) is 27.6 Å². The van der Waals surface area contributed by atoms with Gasteiger partial charge in [-0.25, -0.2) is 0 Å². The molecule has 0 unspecified atom stereocenters. The second-order valence-electron chi connectivity index (χ2n) is 7.75. The van der Waals surface area contributed by atoms with Crippen LogP contribution in [0.2, 0.25) is 10.0 Å². The first-order valence-electron chi connectivity index (χ1n) is 10.6. The van der Waals surface area contributed by atoms with Crippen molar-refractivity contribution in [1.82, 2.24) is 15.5 Å². The molecule has 0 radical (unpaired) electrons. The molecule has 0 atom stereocenters. The number of halogens is 2. The smallest absolute Gasteiger partial charge is 0.320 e. The van der Waals surface area contributed by atoms with E-state index in [1.807, 2.05) is 42.5 Å². The zero-order valence-electron chi connectivity index (χ0n) is 17.9. The molecule has 0 aliphatic carbocycles. The van der Waals surface area contributed by atoms with E-state index in [0.717, 1.165) is 34.6 Å². The van der Waals surface area contributed by atoms with Crippen molar-refractivity contribution in [3.63, 3.8) is 0 Å². The van der Waals surface area contributed by atoms with Crippen molar-refractivity contribution in [1.29, 1.82) is 0 Å². The van der Waals surface area contributed by atoms with Crippen LogP contribution in [0.5, 0.6) is 5.75 Å². The third-order valence-corrected chi connectivity index (χ3v) is 5.99. The fourth-order valence-electron chi connectivity index (χ4n) is 3.71. The number of nitrogens with one attached hydrogen (secondary N) is 2. The van der Waals surface area contributed by atoms with Crippen LogP contribution in [0.3, 0.4) is 0 Å². The molecule has 0 spiro atoms. The first-order valence-corrected chi connectivity index (χ1v) is 11.4. The molecule has 0 amide bonds. The highest BCUT2D eigenvalue weighted by Crippen LogP contribution is 2.32. The third kappa shape index (κ3) is 4.84. The van der Waals surface area contributed by atoms with Crippen LogP contribution in [-0.2, 0) is 13.1 Å². The van der Waals surface area contributed by atoms with E-state index in [2.05, 4.69) is 39.0 Å². The van der Waals surface area contributed by atoms with E-state index in [0.29, 0.717) is 11.5 Å². The molecule has 0 aliphatic rings. The lowest BCUT2D eigenvalue weighted by Gasteiger charge is -2.12. The number of phenols is 1. The number of benzene rings is 4. The molecular weight excluding hydrogens is 471 g/mol. The summed E-state index contributed by atoms with van der Waals surface area (Å²) in [4.78, 5) is 0. The van der Waals surface area contributed by atoms with Crippen molar-refractivity contribution >= 4 is 45.7 Å². The Kier molecular flexibility index (Phi) is 6.36. The number of hydrogen-bond acceptors (Lipinski definition) is 6. The number of hydrogen-bond donors (Lipinski definition) is 3. The van der Waals surface area contributed by atoms with Gasteiger partial charge in [-0.15, -0.1) is 5.10 Å². The fraction of sp³-hybridized carbons (Fsp3) is 0.0769. The second kappa shape index (κ2) is 9.73. The van der Waals surface area contributed by atoms with Gasteiger partial charge in [0.1, 0.15) is 5.75 Å². The third-order valence-electron chi connectivity index (χ3n) is 5.43. The van der Waals surface area contributed by atoms with Gasteiger partial charge >= 0.3 is 6.01 Å². The molecule has 1 aromatic heterocycles. The van der Waals surface area contributed by atoms with Crippen LogP contribution < -0.4 is 10.6 Å². The molecular formula is C26H20Cl2N4O2. The summed E-state index contributed by atoms with van der Waals surface area (Å²) in [5.41, 5.74) is 3.83. The number of rotatable bonds is 7. The Labute approximate surface area is 206 Å². The highest BCUT2D eigenvalue weighted by atomic mass is 35.5. The largest absolute Gasteiger partial charge is 0.506 e. The van der Waals surface area contributed by atoms with Crippen LogP contribution in [-0.4, -0.2) is 15.3 Å². The summed E-state index contributed by atoms with van der Waals surface area (Å²) >= 11 is 12.0. The number of nitrogens with zero attached hydrogens (tertiary/aromatic N) is 2. The van der Waals surface area contributed by atoms with E-state index in [9.17, 15) is 5.11 Å². The summed E-state index contributed by atoms with van der Waals surface area (Å²) < 4.78 is 5.77. The topological polar surface area (TPSA) is 83.2 Å². The van der Waals surface area contributed by atoms with Gasteiger partial charge < -0.3 is 20.2 Å². The molecule has 5 aromatic rings. The minimum atomic E-state index is -0.00232. The van der Waals surface area contributed by atoms with E-state index < -0.39 is 0 Å². The van der Waals surface area contributed by atoms with Crippen LogP contribution in [0.1, 0.15) is 11.1 Å². The quantitative estimate of drug-likeness (QED) is 0.229. The van der Waals surface area contributed by atoms with Gasteiger partial charge in [0.2, 0.25) is 5.89 Å². The van der Waals surface area contributed by atoms with Gasteiger partial charge in [0.25, 0.3) is 0 Å². The summed E-state index contributed by atoms with van der Waals surface area (Å²) in [7, 11) is 0. The maximum absolute atomic E-state index is 9.62. The van der Waals surface area contributed by atoms with Crippen LogP contribution in [0.4, 0.5) is 11.7 Å². The molecule has 0 bridgehead atoms. The molecule has 170 valence electrons. The van der Waals surface area contributed by atoms with Crippen molar-refractivity contribution in [3.05, 3.63) is 100 Å². The lowest BCUT2D eigenvalue weighted by atomic mass is 10.0. The van der Waals surface area contributed by atoms with Gasteiger partial charge in [0.05, 0.1) is 10.7 Å². The Morgan fingerprint density at radius 1 is 0.824 bits per heavy atom. The summed E-state index contributed by atoms with van der Waals surface area (Å²) in [5, 5.41) is 27.6. The Morgan fingerprint density at radius 3 is 2.41 bits per heavy atom. The Morgan fingerprint density at radius 2 is 1.62 bits per heavy atom. The molecule has 6 nitrogen and oxygen atoms in total. The summed E-state index contributed by atoms with van der Waals surface area (Å²) in [5.74, 6) is 0.300. The first-order chi connectivity index (χ1) is 16.6. The monoisotopic (exact) mass is 490 g/mol. The zero-order chi connectivity index (χ0) is 23.5. The molecule has 3 N–H and O–H groups in total. The first kappa shape index (κ1) is 22.2. The van der Waals surface area contributed by atoms with Gasteiger partial charge in [-0.2, -0.15) is 0 Å². The van der Waals surface area contributed by atoms with Crippen molar-refractivity contribution < 1.29 is 9.52 Å². The maximum Gasteiger partial charge on any atom is 0.320 e. The Bertz CT molecular complexity index is 1450. The number of fused-ring (bicyclic) bond motifs is 1. The molecule has 1 heterocycles. The average molecular weight is 491 g/mol. The predicted octanol–water partition coefficient (Wildman–Crippen LogP) is 6.94. The van der Waals surface area contributed by atoms with Gasteiger partial charge in [-0.05, 0) is 52.9 Å². The van der Waals surface area contributed by atoms with Crippen molar-refractivity contribution in [3.8, 4) is 17.2 Å². The Balaban J connectivity index is 1.34.